The molecule has 2 atom stereocenters. The van der Waals surface area contributed by atoms with Crippen molar-refractivity contribution in [3.05, 3.63) is 41.3 Å². The van der Waals surface area contributed by atoms with Crippen LogP contribution in [0.3, 0.4) is 0 Å². The van der Waals surface area contributed by atoms with E-state index in [0.29, 0.717) is 0 Å². The van der Waals surface area contributed by atoms with E-state index in [-0.39, 0.29) is 0 Å². The summed E-state index contributed by atoms with van der Waals surface area (Å²) in [6.07, 6.45) is 1.82. The molecule has 1 N–H and O–H groups in total. The summed E-state index contributed by atoms with van der Waals surface area (Å²) in [4.78, 5) is 7.01. The van der Waals surface area contributed by atoms with Gasteiger partial charge in [-0.25, -0.2) is 9.67 Å². The first-order valence-corrected chi connectivity index (χ1v) is 8.12. The van der Waals surface area contributed by atoms with Crippen LogP contribution in [-0.4, -0.2) is 45.8 Å². The van der Waals surface area contributed by atoms with Crippen LogP contribution in [0.1, 0.15) is 17.0 Å². The normalized spacial score (nSPS) is 24.8. The second-order valence-corrected chi connectivity index (χ2v) is 6.62. The molecule has 116 valence electrons. The molecule has 0 bridgehead atoms. The summed E-state index contributed by atoms with van der Waals surface area (Å²) in [7, 11) is 0. The van der Waals surface area contributed by atoms with Crippen molar-refractivity contribution >= 4 is 0 Å². The van der Waals surface area contributed by atoms with E-state index in [1.54, 1.807) is 0 Å². The molecule has 5 heteroatoms. The lowest BCUT2D eigenvalue weighted by atomic mass is 10.0. The maximum atomic E-state index is 4.71. The van der Waals surface area contributed by atoms with Gasteiger partial charge < -0.3 is 5.32 Å². The summed E-state index contributed by atoms with van der Waals surface area (Å²) in [6, 6.07) is 5.95. The average Bonchev–Trinajstić information content (AvgIpc) is 3.18. The van der Waals surface area contributed by atoms with E-state index < -0.39 is 0 Å². The summed E-state index contributed by atoms with van der Waals surface area (Å²) < 4.78 is 1.98. The number of aromatic nitrogens is 3. The first-order chi connectivity index (χ1) is 10.7. The van der Waals surface area contributed by atoms with E-state index >= 15 is 0 Å². The summed E-state index contributed by atoms with van der Waals surface area (Å²) in [5.41, 5.74) is 3.70. The molecule has 2 aliphatic heterocycles. The van der Waals surface area contributed by atoms with Gasteiger partial charge >= 0.3 is 0 Å². The molecule has 0 aromatic carbocycles. The quantitative estimate of drug-likeness (QED) is 0.933. The van der Waals surface area contributed by atoms with Crippen molar-refractivity contribution in [2.45, 2.75) is 20.4 Å². The first kappa shape index (κ1) is 13.9. The fourth-order valence-electron chi connectivity index (χ4n) is 3.91. The van der Waals surface area contributed by atoms with Crippen molar-refractivity contribution in [1.29, 1.82) is 0 Å². The number of likely N-dealkylation sites (tertiary alicyclic amines) is 1. The van der Waals surface area contributed by atoms with Gasteiger partial charge in [-0.2, -0.15) is 5.10 Å². The molecule has 22 heavy (non-hydrogen) atoms. The summed E-state index contributed by atoms with van der Waals surface area (Å²) in [6.45, 7) is 10.1. The van der Waals surface area contributed by atoms with Crippen LogP contribution in [0, 0.1) is 25.7 Å². The lowest BCUT2D eigenvalue weighted by Crippen LogP contribution is -2.25. The molecule has 0 radical (unpaired) electrons. The molecular weight excluding hydrogens is 274 g/mol. The van der Waals surface area contributed by atoms with Gasteiger partial charge in [-0.15, -0.1) is 0 Å². The van der Waals surface area contributed by atoms with Crippen LogP contribution in [0.15, 0.2) is 24.4 Å². The second-order valence-electron chi connectivity index (χ2n) is 6.62. The van der Waals surface area contributed by atoms with Crippen molar-refractivity contribution < 1.29 is 0 Å². The highest BCUT2D eigenvalue weighted by Gasteiger charge is 2.36. The predicted octanol–water partition coefficient (Wildman–Crippen LogP) is 1.54. The van der Waals surface area contributed by atoms with Crippen LogP contribution in [0.2, 0.25) is 0 Å². The molecule has 2 aliphatic rings. The van der Waals surface area contributed by atoms with Crippen LogP contribution >= 0.6 is 0 Å². The van der Waals surface area contributed by atoms with Crippen LogP contribution in [-0.2, 0) is 6.54 Å². The maximum Gasteiger partial charge on any atom is 0.153 e. The molecule has 0 amide bonds. The van der Waals surface area contributed by atoms with Crippen molar-refractivity contribution in [3.63, 3.8) is 0 Å². The molecule has 4 rings (SSSR count). The fraction of sp³-hybridized carbons (Fsp3) is 0.529. The molecule has 5 nitrogen and oxygen atoms in total. The third-order valence-corrected chi connectivity index (χ3v) is 5.15. The third kappa shape index (κ3) is 2.34. The molecule has 0 spiro atoms. The standard InChI is InChI=1S/C17H23N5/c1-12-16(11-21-9-14-7-18-8-15(14)10-21)13(2)22(20-12)17-5-3-4-6-19-17/h3-6,14-15,18H,7-11H2,1-2H3/t14-,15+. The lowest BCUT2D eigenvalue weighted by molar-refractivity contribution is 0.304. The smallest absolute Gasteiger partial charge is 0.153 e. The second kappa shape index (κ2) is 5.48. The Morgan fingerprint density at radius 3 is 2.64 bits per heavy atom. The highest BCUT2D eigenvalue weighted by Crippen LogP contribution is 2.28. The Morgan fingerprint density at radius 2 is 1.95 bits per heavy atom. The molecular formula is C17H23N5. The molecule has 2 fully saturated rings. The first-order valence-electron chi connectivity index (χ1n) is 8.12. The SMILES string of the molecule is Cc1nn(-c2ccccn2)c(C)c1CN1C[C@H]2CNC[C@H]2C1. The predicted molar refractivity (Wildman–Crippen MR) is 86.0 cm³/mol. The number of hydrogen-bond donors (Lipinski definition) is 1. The van der Waals surface area contributed by atoms with Gasteiger partial charge in [0.05, 0.1) is 5.69 Å². The highest BCUT2D eigenvalue weighted by molar-refractivity contribution is 5.32. The monoisotopic (exact) mass is 297 g/mol. The minimum Gasteiger partial charge on any atom is -0.316 e. The Balaban J connectivity index is 1.57. The molecule has 2 aromatic rings. The number of pyridine rings is 1. The summed E-state index contributed by atoms with van der Waals surface area (Å²) in [5.74, 6) is 2.58. The van der Waals surface area contributed by atoms with Crippen LogP contribution < -0.4 is 5.32 Å². The lowest BCUT2D eigenvalue weighted by Gasteiger charge is -2.17. The Labute approximate surface area is 131 Å². The highest BCUT2D eigenvalue weighted by atomic mass is 15.3. The van der Waals surface area contributed by atoms with Gasteiger partial charge in [-0.3, -0.25) is 4.90 Å². The Morgan fingerprint density at radius 1 is 1.18 bits per heavy atom. The number of fused-ring (bicyclic) bond motifs is 1. The number of rotatable bonds is 3. The van der Waals surface area contributed by atoms with Gasteiger partial charge in [0, 0.05) is 37.1 Å². The number of hydrogen-bond acceptors (Lipinski definition) is 4. The Hall–Kier alpha value is -1.72. The average molecular weight is 297 g/mol. The zero-order valence-corrected chi connectivity index (χ0v) is 13.3. The van der Waals surface area contributed by atoms with E-state index in [2.05, 4.69) is 29.0 Å². The van der Waals surface area contributed by atoms with Crippen molar-refractivity contribution in [2.24, 2.45) is 11.8 Å². The summed E-state index contributed by atoms with van der Waals surface area (Å²) in [5, 5.41) is 8.22. The third-order valence-electron chi connectivity index (χ3n) is 5.15. The Kier molecular flexibility index (Phi) is 3.47. The molecule has 2 saturated heterocycles. The van der Waals surface area contributed by atoms with Crippen molar-refractivity contribution in [2.75, 3.05) is 26.2 Å². The van der Waals surface area contributed by atoms with Crippen molar-refractivity contribution in [3.8, 4) is 5.82 Å². The minimum atomic E-state index is 0.839. The molecule has 0 saturated carbocycles. The van der Waals surface area contributed by atoms with E-state index in [1.807, 2.05) is 29.1 Å². The van der Waals surface area contributed by atoms with Gasteiger partial charge in [0.25, 0.3) is 0 Å². The van der Waals surface area contributed by atoms with Crippen molar-refractivity contribution in [1.82, 2.24) is 25.0 Å². The number of nitrogens with one attached hydrogen (secondary N) is 1. The largest absolute Gasteiger partial charge is 0.316 e. The van der Waals surface area contributed by atoms with E-state index in [9.17, 15) is 0 Å². The van der Waals surface area contributed by atoms with Gasteiger partial charge in [-0.1, -0.05) is 6.07 Å². The van der Waals surface area contributed by atoms with Gasteiger partial charge in [-0.05, 0) is 50.9 Å². The van der Waals surface area contributed by atoms with Crippen LogP contribution in [0.4, 0.5) is 0 Å². The number of aryl methyl sites for hydroxylation is 1. The zero-order valence-electron chi connectivity index (χ0n) is 13.3. The molecule has 0 aliphatic carbocycles. The topological polar surface area (TPSA) is 46.0 Å². The van der Waals surface area contributed by atoms with E-state index in [0.717, 1.165) is 29.9 Å². The number of nitrogens with zero attached hydrogens (tertiary/aromatic N) is 4. The maximum absolute atomic E-state index is 4.71. The molecule has 4 heterocycles. The zero-order chi connectivity index (χ0) is 15.1. The minimum absolute atomic E-state index is 0.839. The van der Waals surface area contributed by atoms with Crippen LogP contribution in [0.25, 0.3) is 5.82 Å². The van der Waals surface area contributed by atoms with E-state index in [1.165, 1.54) is 37.4 Å². The molecule has 0 unspecified atom stereocenters. The summed E-state index contributed by atoms with van der Waals surface area (Å²) >= 11 is 0. The Bertz CT molecular complexity index is 651. The molecule has 2 aromatic heterocycles. The van der Waals surface area contributed by atoms with Gasteiger partial charge in [0.2, 0.25) is 0 Å². The fourth-order valence-corrected chi connectivity index (χ4v) is 3.91. The van der Waals surface area contributed by atoms with Gasteiger partial charge in [0.1, 0.15) is 0 Å². The van der Waals surface area contributed by atoms with Gasteiger partial charge in [0.15, 0.2) is 5.82 Å². The van der Waals surface area contributed by atoms with E-state index in [4.69, 9.17) is 5.10 Å². The van der Waals surface area contributed by atoms with Crippen LogP contribution in [0.5, 0.6) is 0 Å².